The number of hydrogen-bond acceptors (Lipinski definition) is 6. The molecule has 1 amide bonds. The number of hydrogen-bond donors (Lipinski definition) is 1. The molecule has 0 saturated carbocycles. The third kappa shape index (κ3) is 4.23. The Kier molecular flexibility index (Phi) is 5.67. The van der Waals surface area contributed by atoms with E-state index in [4.69, 9.17) is 0 Å². The van der Waals surface area contributed by atoms with Gasteiger partial charge in [0.2, 0.25) is 0 Å². The summed E-state index contributed by atoms with van der Waals surface area (Å²) in [6.45, 7) is 0. The van der Waals surface area contributed by atoms with Gasteiger partial charge < -0.3 is 9.84 Å². The van der Waals surface area contributed by atoms with Crippen LogP contribution in [-0.4, -0.2) is 41.2 Å². The summed E-state index contributed by atoms with van der Waals surface area (Å²) >= 11 is 4.57. The molecule has 1 aliphatic rings. The van der Waals surface area contributed by atoms with Gasteiger partial charge in [-0.1, -0.05) is 15.9 Å². The summed E-state index contributed by atoms with van der Waals surface area (Å²) in [4.78, 5) is 30.3. The normalized spacial score (nSPS) is 17.0. The second kappa shape index (κ2) is 7.98. The molecular formula is C19H15BrN2O4S. The first kappa shape index (κ1) is 19.2. The monoisotopic (exact) mass is 446 g/mol. The topological polar surface area (TPSA) is 79.2 Å². The summed E-state index contributed by atoms with van der Waals surface area (Å²) in [5.74, 6) is -0.536. The fraction of sp³-hybridized carbons (Fsp3) is 0.105. The minimum absolute atomic E-state index is 0.0885. The number of amides is 1. The molecule has 138 valence electrons. The highest BCUT2D eigenvalue weighted by atomic mass is 79.9. The van der Waals surface area contributed by atoms with Crippen molar-refractivity contribution < 1.29 is 19.4 Å². The largest absolute Gasteiger partial charge is 0.507 e. The number of thioether (sulfide) groups is 1. The van der Waals surface area contributed by atoms with Crippen molar-refractivity contribution in [1.82, 2.24) is 4.90 Å². The van der Waals surface area contributed by atoms with Gasteiger partial charge in [0.05, 0.1) is 23.3 Å². The van der Waals surface area contributed by atoms with Crippen molar-refractivity contribution in [2.24, 2.45) is 4.99 Å². The molecule has 27 heavy (non-hydrogen) atoms. The van der Waals surface area contributed by atoms with Crippen molar-refractivity contribution in [3.05, 3.63) is 63.0 Å². The zero-order valence-corrected chi connectivity index (χ0v) is 16.9. The highest BCUT2D eigenvalue weighted by Crippen LogP contribution is 2.35. The third-order valence-electron chi connectivity index (χ3n) is 3.79. The predicted molar refractivity (Wildman–Crippen MR) is 109 cm³/mol. The summed E-state index contributed by atoms with van der Waals surface area (Å²) in [6.07, 6.45) is 1.63. The summed E-state index contributed by atoms with van der Waals surface area (Å²) in [6, 6.07) is 11.6. The number of phenolic OH excluding ortho intramolecular Hbond substituents is 1. The molecule has 0 unspecified atom stereocenters. The van der Waals surface area contributed by atoms with E-state index in [1.165, 1.54) is 23.8 Å². The summed E-state index contributed by atoms with van der Waals surface area (Å²) < 4.78 is 5.47. The molecular weight excluding hydrogens is 432 g/mol. The number of ether oxygens (including phenoxy) is 1. The number of aliphatic imine (C=N–C) groups is 1. The van der Waals surface area contributed by atoms with Crippen LogP contribution in [0.15, 0.2) is 56.8 Å². The van der Waals surface area contributed by atoms with E-state index in [1.54, 1.807) is 55.6 Å². The first-order valence-corrected chi connectivity index (χ1v) is 9.43. The quantitative estimate of drug-likeness (QED) is 0.565. The molecule has 2 aromatic carbocycles. The van der Waals surface area contributed by atoms with Crippen LogP contribution in [0.1, 0.15) is 15.9 Å². The van der Waals surface area contributed by atoms with Crippen LogP contribution in [0, 0.1) is 0 Å². The molecule has 1 N–H and O–H groups in total. The lowest BCUT2D eigenvalue weighted by atomic mass is 10.2. The van der Waals surface area contributed by atoms with E-state index >= 15 is 0 Å². The molecule has 1 fully saturated rings. The molecule has 1 saturated heterocycles. The van der Waals surface area contributed by atoms with Gasteiger partial charge in [-0.25, -0.2) is 9.79 Å². The predicted octanol–water partition coefficient (Wildman–Crippen LogP) is 4.18. The first-order chi connectivity index (χ1) is 12.9. The van der Waals surface area contributed by atoms with Crippen LogP contribution in [0.2, 0.25) is 0 Å². The van der Waals surface area contributed by atoms with Gasteiger partial charge in [-0.05, 0) is 60.3 Å². The summed E-state index contributed by atoms with van der Waals surface area (Å²) in [5.41, 5.74) is 1.57. The van der Waals surface area contributed by atoms with Crippen LogP contribution in [0.4, 0.5) is 5.69 Å². The molecule has 1 aliphatic heterocycles. The number of nitrogens with zero attached hydrogens (tertiary/aromatic N) is 2. The van der Waals surface area contributed by atoms with Gasteiger partial charge in [0.25, 0.3) is 5.91 Å². The maximum Gasteiger partial charge on any atom is 0.337 e. The molecule has 8 heteroatoms. The Hall–Kier alpha value is -2.58. The molecule has 0 bridgehead atoms. The maximum atomic E-state index is 12.5. The van der Waals surface area contributed by atoms with Crippen molar-refractivity contribution >= 4 is 56.5 Å². The number of phenols is 1. The van der Waals surface area contributed by atoms with Crippen LogP contribution >= 0.6 is 27.7 Å². The van der Waals surface area contributed by atoms with Crippen LogP contribution in [0.3, 0.4) is 0 Å². The number of amidine groups is 1. The van der Waals surface area contributed by atoms with Gasteiger partial charge in [-0.15, -0.1) is 0 Å². The van der Waals surface area contributed by atoms with E-state index < -0.39 is 5.97 Å². The molecule has 0 radical (unpaired) electrons. The number of halogens is 1. The third-order valence-corrected chi connectivity index (χ3v) is 5.35. The highest BCUT2D eigenvalue weighted by molar-refractivity contribution is 9.10. The van der Waals surface area contributed by atoms with E-state index in [0.29, 0.717) is 26.9 Å². The van der Waals surface area contributed by atoms with Crippen LogP contribution < -0.4 is 0 Å². The van der Waals surface area contributed by atoms with Crippen molar-refractivity contribution in [3.8, 4) is 5.75 Å². The summed E-state index contributed by atoms with van der Waals surface area (Å²) in [7, 11) is 2.96. The van der Waals surface area contributed by atoms with Gasteiger partial charge in [0.15, 0.2) is 5.17 Å². The van der Waals surface area contributed by atoms with Gasteiger partial charge in [-0.2, -0.15) is 0 Å². The lowest BCUT2D eigenvalue weighted by Gasteiger charge is -2.07. The lowest BCUT2D eigenvalue weighted by Crippen LogP contribution is -2.23. The first-order valence-electron chi connectivity index (χ1n) is 7.82. The molecule has 0 atom stereocenters. The minimum Gasteiger partial charge on any atom is -0.507 e. The Balaban J connectivity index is 1.87. The van der Waals surface area contributed by atoms with Crippen LogP contribution in [0.25, 0.3) is 6.08 Å². The van der Waals surface area contributed by atoms with E-state index in [9.17, 15) is 14.7 Å². The second-order valence-corrected chi connectivity index (χ2v) is 7.54. The summed E-state index contributed by atoms with van der Waals surface area (Å²) in [5, 5.41) is 10.5. The Morgan fingerprint density at radius 1 is 1.26 bits per heavy atom. The molecule has 2 aromatic rings. The van der Waals surface area contributed by atoms with Gasteiger partial charge in [0.1, 0.15) is 5.75 Å². The maximum absolute atomic E-state index is 12.5. The number of methoxy groups -OCH3 is 1. The van der Waals surface area contributed by atoms with E-state index in [2.05, 4.69) is 25.7 Å². The van der Waals surface area contributed by atoms with Crippen molar-refractivity contribution in [2.45, 2.75) is 0 Å². The van der Waals surface area contributed by atoms with Crippen molar-refractivity contribution in [3.63, 3.8) is 0 Å². The van der Waals surface area contributed by atoms with Crippen molar-refractivity contribution in [1.29, 1.82) is 0 Å². The number of aromatic hydroxyl groups is 1. The van der Waals surface area contributed by atoms with E-state index in [1.807, 2.05) is 0 Å². The Bertz CT molecular complexity index is 970. The van der Waals surface area contributed by atoms with Crippen LogP contribution in [0.5, 0.6) is 5.75 Å². The molecule has 0 spiro atoms. The van der Waals surface area contributed by atoms with Gasteiger partial charge in [-0.3, -0.25) is 9.69 Å². The fourth-order valence-corrected chi connectivity index (χ4v) is 3.69. The van der Waals surface area contributed by atoms with E-state index in [-0.39, 0.29) is 11.7 Å². The number of benzene rings is 2. The molecule has 0 aromatic heterocycles. The molecule has 1 heterocycles. The fourth-order valence-electron chi connectivity index (χ4n) is 2.33. The number of rotatable bonds is 3. The number of carbonyl (C=O) groups excluding carboxylic acids is 2. The standard InChI is InChI=1S/C19H15BrN2O4S/c1-22-17(24)16(10-12-9-13(20)5-8-15(12)23)27-19(22)21-14-6-3-11(4-7-14)18(25)26-2/h3-10,23H,1-2H3. The zero-order chi connectivity index (χ0) is 19.6. The van der Waals surface area contributed by atoms with E-state index in [0.717, 1.165) is 4.47 Å². The van der Waals surface area contributed by atoms with Crippen LogP contribution in [-0.2, 0) is 9.53 Å². The Labute approximate surface area is 168 Å². The lowest BCUT2D eigenvalue weighted by molar-refractivity contribution is -0.121. The molecule has 3 rings (SSSR count). The number of carbonyl (C=O) groups is 2. The zero-order valence-electron chi connectivity index (χ0n) is 14.5. The van der Waals surface area contributed by atoms with Crippen molar-refractivity contribution in [2.75, 3.05) is 14.2 Å². The smallest absolute Gasteiger partial charge is 0.337 e. The minimum atomic E-state index is -0.421. The highest BCUT2D eigenvalue weighted by Gasteiger charge is 2.30. The SMILES string of the molecule is COC(=O)c1ccc(N=C2SC(=Cc3cc(Br)ccc3O)C(=O)N2C)cc1. The number of likely N-dealkylation sites (N-methyl/N-ethyl adjacent to an activating group) is 1. The van der Waals surface area contributed by atoms with Gasteiger partial charge in [0, 0.05) is 17.1 Å². The second-order valence-electron chi connectivity index (χ2n) is 5.61. The Morgan fingerprint density at radius 3 is 2.63 bits per heavy atom. The average Bonchev–Trinajstić information content (AvgIpc) is 2.92. The molecule has 0 aliphatic carbocycles. The average molecular weight is 447 g/mol. The molecule has 6 nitrogen and oxygen atoms in total. The Morgan fingerprint density at radius 2 is 1.96 bits per heavy atom. The number of esters is 1. The van der Waals surface area contributed by atoms with Gasteiger partial charge >= 0.3 is 5.97 Å².